The summed E-state index contributed by atoms with van der Waals surface area (Å²) >= 11 is 0. The molecule has 1 aromatic rings. The molecule has 0 spiro atoms. The summed E-state index contributed by atoms with van der Waals surface area (Å²) in [4.78, 5) is 29.5. The SMILES string of the molecule is CCCCC[C@H](CN(O)C=O)C(=O)NNc1nccc(C(F)(F)F)n1. The zero-order valence-electron chi connectivity index (χ0n) is 13.6. The van der Waals surface area contributed by atoms with Crippen LogP contribution >= 0.6 is 0 Å². The number of unbranched alkanes of at least 4 members (excludes halogenated alkanes) is 2. The van der Waals surface area contributed by atoms with Gasteiger partial charge in [-0.2, -0.15) is 13.2 Å². The van der Waals surface area contributed by atoms with Crippen LogP contribution in [0.5, 0.6) is 0 Å². The normalized spacial score (nSPS) is 12.4. The molecule has 0 unspecified atom stereocenters. The van der Waals surface area contributed by atoms with Crippen molar-refractivity contribution in [3.63, 3.8) is 0 Å². The molecule has 25 heavy (non-hydrogen) atoms. The molecule has 0 aliphatic carbocycles. The minimum Gasteiger partial charge on any atom is -0.286 e. The summed E-state index contributed by atoms with van der Waals surface area (Å²) in [6.07, 6.45) is -0.680. The van der Waals surface area contributed by atoms with E-state index >= 15 is 0 Å². The minimum atomic E-state index is -4.63. The van der Waals surface area contributed by atoms with E-state index in [9.17, 15) is 28.0 Å². The molecule has 8 nitrogen and oxygen atoms in total. The quantitative estimate of drug-likeness (QED) is 0.254. The molecule has 0 aromatic carbocycles. The molecule has 0 radical (unpaired) electrons. The van der Waals surface area contributed by atoms with Gasteiger partial charge in [0.25, 0.3) is 0 Å². The first-order valence-corrected chi connectivity index (χ1v) is 7.64. The number of hydroxylamine groups is 2. The van der Waals surface area contributed by atoms with Gasteiger partial charge < -0.3 is 0 Å². The predicted octanol–water partition coefficient (Wildman–Crippen LogP) is 1.98. The van der Waals surface area contributed by atoms with Crippen molar-refractivity contribution in [2.24, 2.45) is 5.92 Å². The van der Waals surface area contributed by atoms with Crippen LogP contribution in [0.1, 0.15) is 38.3 Å². The molecule has 0 bridgehead atoms. The second kappa shape index (κ2) is 9.77. The lowest BCUT2D eigenvalue weighted by molar-refractivity contribution is -0.154. The lowest BCUT2D eigenvalue weighted by Gasteiger charge is -2.19. The van der Waals surface area contributed by atoms with Crippen LogP contribution in [0.3, 0.4) is 0 Å². The molecule has 0 saturated carbocycles. The topological polar surface area (TPSA) is 107 Å². The average Bonchev–Trinajstić information content (AvgIpc) is 2.58. The molecule has 140 valence electrons. The van der Waals surface area contributed by atoms with E-state index in [1.54, 1.807) is 0 Å². The van der Waals surface area contributed by atoms with Crippen molar-refractivity contribution in [2.75, 3.05) is 12.0 Å². The van der Waals surface area contributed by atoms with Gasteiger partial charge in [0.15, 0.2) is 0 Å². The average molecular weight is 363 g/mol. The number of nitrogens with one attached hydrogen (secondary N) is 2. The van der Waals surface area contributed by atoms with Crippen LogP contribution in [0, 0.1) is 5.92 Å². The molecule has 0 fully saturated rings. The Balaban J connectivity index is 2.68. The maximum absolute atomic E-state index is 12.6. The molecule has 1 aromatic heterocycles. The summed E-state index contributed by atoms with van der Waals surface area (Å²) < 4.78 is 37.7. The third-order valence-corrected chi connectivity index (χ3v) is 3.30. The Hall–Kier alpha value is -2.43. The molecular formula is C14H20F3N5O3. The lowest BCUT2D eigenvalue weighted by Crippen LogP contribution is -2.40. The zero-order valence-corrected chi connectivity index (χ0v) is 13.6. The van der Waals surface area contributed by atoms with Crippen molar-refractivity contribution in [3.8, 4) is 0 Å². The maximum Gasteiger partial charge on any atom is 0.433 e. The minimum absolute atomic E-state index is 0.170. The van der Waals surface area contributed by atoms with Gasteiger partial charge in [0.1, 0.15) is 5.69 Å². The van der Waals surface area contributed by atoms with Gasteiger partial charge >= 0.3 is 6.18 Å². The largest absolute Gasteiger partial charge is 0.433 e. The van der Waals surface area contributed by atoms with E-state index in [-0.39, 0.29) is 13.0 Å². The predicted molar refractivity (Wildman–Crippen MR) is 81.0 cm³/mol. The van der Waals surface area contributed by atoms with E-state index in [4.69, 9.17) is 0 Å². The van der Waals surface area contributed by atoms with Crippen molar-refractivity contribution in [1.82, 2.24) is 20.5 Å². The van der Waals surface area contributed by atoms with Gasteiger partial charge in [-0.1, -0.05) is 26.2 Å². The highest BCUT2D eigenvalue weighted by molar-refractivity contribution is 5.80. The highest BCUT2D eigenvalue weighted by Gasteiger charge is 2.32. The molecule has 1 atom stereocenters. The Labute approximate surface area is 142 Å². The molecule has 0 saturated heterocycles. The summed E-state index contributed by atoms with van der Waals surface area (Å²) in [6, 6.07) is 0.703. The Kier molecular flexibility index (Phi) is 8.05. The fraction of sp³-hybridized carbons (Fsp3) is 0.571. The Morgan fingerprint density at radius 1 is 1.44 bits per heavy atom. The Bertz CT molecular complexity index is 571. The third-order valence-electron chi connectivity index (χ3n) is 3.30. The maximum atomic E-state index is 12.6. The molecule has 0 aliphatic heterocycles. The van der Waals surface area contributed by atoms with Gasteiger partial charge in [0.2, 0.25) is 18.3 Å². The number of carbonyl (C=O) groups is 2. The van der Waals surface area contributed by atoms with Crippen molar-refractivity contribution < 1.29 is 28.0 Å². The first kappa shape index (κ1) is 20.6. The third kappa shape index (κ3) is 7.33. The van der Waals surface area contributed by atoms with Crippen molar-refractivity contribution in [3.05, 3.63) is 18.0 Å². The molecule has 1 heterocycles. The number of hydrazine groups is 1. The summed E-state index contributed by atoms with van der Waals surface area (Å²) in [7, 11) is 0. The van der Waals surface area contributed by atoms with Gasteiger partial charge in [-0.25, -0.2) is 15.0 Å². The smallest absolute Gasteiger partial charge is 0.286 e. The standard InChI is InChI=1S/C14H20F3N5O3/c1-2-3-4-5-10(8-22(25)9-23)12(24)20-21-13-18-7-6-11(19-13)14(15,16)17/h6-7,9-10,25H,2-5,8H2,1H3,(H,20,24)(H,18,19,21)/t10-/m1/s1. The molecule has 0 aliphatic rings. The lowest BCUT2D eigenvalue weighted by atomic mass is 10.0. The van der Waals surface area contributed by atoms with Crippen LogP contribution in [-0.2, 0) is 15.8 Å². The number of aromatic nitrogens is 2. The van der Waals surface area contributed by atoms with E-state index in [1.165, 1.54) is 0 Å². The number of hydrogen-bond acceptors (Lipinski definition) is 6. The summed E-state index contributed by atoms with van der Waals surface area (Å²) in [6.45, 7) is 1.75. The van der Waals surface area contributed by atoms with Crippen LogP contribution in [-0.4, -0.2) is 39.1 Å². The van der Waals surface area contributed by atoms with Gasteiger partial charge in [-0.15, -0.1) is 0 Å². The fourth-order valence-electron chi connectivity index (χ4n) is 2.01. The highest BCUT2D eigenvalue weighted by atomic mass is 19.4. The number of carbonyl (C=O) groups excluding carboxylic acids is 2. The zero-order chi connectivity index (χ0) is 18.9. The number of hydrogen-bond donors (Lipinski definition) is 3. The van der Waals surface area contributed by atoms with Gasteiger partial charge in [0.05, 0.1) is 12.5 Å². The molecule has 1 rings (SSSR count). The van der Waals surface area contributed by atoms with Crippen molar-refractivity contribution in [2.45, 2.75) is 38.8 Å². The van der Waals surface area contributed by atoms with Crippen LogP contribution < -0.4 is 10.9 Å². The van der Waals surface area contributed by atoms with E-state index in [0.717, 1.165) is 19.0 Å². The monoisotopic (exact) mass is 363 g/mol. The first-order chi connectivity index (χ1) is 11.8. The number of anilines is 1. The summed E-state index contributed by atoms with van der Waals surface area (Å²) in [5, 5.41) is 9.60. The Morgan fingerprint density at radius 3 is 2.76 bits per heavy atom. The summed E-state index contributed by atoms with van der Waals surface area (Å²) in [5.41, 5.74) is 3.26. The second-order valence-electron chi connectivity index (χ2n) is 5.30. The number of amides is 2. The Morgan fingerprint density at radius 2 is 2.16 bits per heavy atom. The van der Waals surface area contributed by atoms with Crippen LogP contribution in [0.2, 0.25) is 0 Å². The van der Waals surface area contributed by atoms with Crippen molar-refractivity contribution in [1.29, 1.82) is 0 Å². The highest BCUT2D eigenvalue weighted by Crippen LogP contribution is 2.27. The molecule has 11 heteroatoms. The molecule has 2 amide bonds. The van der Waals surface area contributed by atoms with E-state index in [2.05, 4.69) is 20.8 Å². The van der Waals surface area contributed by atoms with Gasteiger partial charge in [-0.3, -0.25) is 25.6 Å². The molecule has 3 N–H and O–H groups in total. The summed E-state index contributed by atoms with van der Waals surface area (Å²) in [5.74, 6) is -1.76. The van der Waals surface area contributed by atoms with Crippen LogP contribution in [0.4, 0.5) is 19.1 Å². The second-order valence-corrected chi connectivity index (χ2v) is 5.30. The van der Waals surface area contributed by atoms with Crippen LogP contribution in [0.15, 0.2) is 12.3 Å². The number of nitrogens with zero attached hydrogens (tertiary/aromatic N) is 3. The number of rotatable bonds is 10. The van der Waals surface area contributed by atoms with Crippen LogP contribution in [0.25, 0.3) is 0 Å². The van der Waals surface area contributed by atoms with E-state index < -0.39 is 29.6 Å². The fourth-order valence-corrected chi connectivity index (χ4v) is 2.01. The van der Waals surface area contributed by atoms with E-state index in [1.807, 2.05) is 6.92 Å². The first-order valence-electron chi connectivity index (χ1n) is 7.64. The van der Waals surface area contributed by atoms with Crippen molar-refractivity contribution >= 4 is 18.3 Å². The number of halogens is 3. The van der Waals surface area contributed by atoms with Gasteiger partial charge in [0, 0.05) is 6.20 Å². The number of alkyl halides is 3. The van der Waals surface area contributed by atoms with Gasteiger partial charge in [-0.05, 0) is 12.5 Å². The van der Waals surface area contributed by atoms with E-state index in [0.29, 0.717) is 24.0 Å². The molecular weight excluding hydrogens is 343 g/mol.